The maximum atomic E-state index is 13.6. The standard InChI is InChI=1S/C25H28N2O2/c1-26(20-15-11-6-12-16-20)23-22(19-13-7-5-8-14-19)24(28)27(25(23)29)21-17-9-3-2-4-10-18-21/h5-8,11-16,21H,2-4,9-10,17-18H2,1H3. The summed E-state index contributed by atoms with van der Waals surface area (Å²) in [5, 5.41) is 0. The highest BCUT2D eigenvalue weighted by Gasteiger charge is 2.44. The maximum absolute atomic E-state index is 13.6. The van der Waals surface area contributed by atoms with Gasteiger partial charge in [0.05, 0.1) is 5.57 Å². The van der Waals surface area contributed by atoms with Crippen LogP contribution in [0.2, 0.25) is 0 Å². The summed E-state index contributed by atoms with van der Waals surface area (Å²) in [5.41, 5.74) is 2.70. The molecule has 4 heteroatoms. The number of rotatable bonds is 4. The highest BCUT2D eigenvalue weighted by Crippen LogP contribution is 2.36. The Labute approximate surface area is 172 Å². The number of hydrogen-bond acceptors (Lipinski definition) is 3. The monoisotopic (exact) mass is 388 g/mol. The van der Waals surface area contributed by atoms with E-state index in [4.69, 9.17) is 0 Å². The molecule has 0 atom stereocenters. The molecule has 2 aromatic carbocycles. The average molecular weight is 389 g/mol. The van der Waals surface area contributed by atoms with Crippen molar-refractivity contribution in [3.05, 3.63) is 71.9 Å². The van der Waals surface area contributed by atoms with Gasteiger partial charge in [0.15, 0.2) is 0 Å². The minimum absolute atomic E-state index is 0.00399. The molecule has 0 radical (unpaired) electrons. The van der Waals surface area contributed by atoms with Crippen LogP contribution in [0.1, 0.15) is 50.5 Å². The smallest absolute Gasteiger partial charge is 0.278 e. The van der Waals surface area contributed by atoms with Gasteiger partial charge in [-0.3, -0.25) is 14.5 Å². The van der Waals surface area contributed by atoms with Crippen molar-refractivity contribution in [3.63, 3.8) is 0 Å². The van der Waals surface area contributed by atoms with Gasteiger partial charge >= 0.3 is 0 Å². The first-order chi connectivity index (χ1) is 14.2. The van der Waals surface area contributed by atoms with E-state index in [1.807, 2.05) is 72.6 Å². The second-order valence-electron chi connectivity index (χ2n) is 7.96. The van der Waals surface area contributed by atoms with E-state index in [0.717, 1.165) is 36.9 Å². The van der Waals surface area contributed by atoms with Crippen LogP contribution < -0.4 is 4.90 Å². The molecule has 0 bridgehead atoms. The molecular weight excluding hydrogens is 360 g/mol. The van der Waals surface area contributed by atoms with E-state index in [2.05, 4.69) is 0 Å². The topological polar surface area (TPSA) is 40.6 Å². The molecule has 2 aliphatic rings. The molecule has 1 heterocycles. The quantitative estimate of drug-likeness (QED) is 0.691. The Hall–Kier alpha value is -2.88. The molecule has 1 saturated carbocycles. The molecule has 1 aliphatic carbocycles. The maximum Gasteiger partial charge on any atom is 0.278 e. The largest absolute Gasteiger partial charge is 0.339 e. The predicted molar refractivity (Wildman–Crippen MR) is 116 cm³/mol. The van der Waals surface area contributed by atoms with Crippen LogP contribution in [0.4, 0.5) is 5.69 Å². The Morgan fingerprint density at radius 1 is 0.759 bits per heavy atom. The Kier molecular flexibility index (Phi) is 5.79. The lowest BCUT2D eigenvalue weighted by Gasteiger charge is -2.29. The molecular formula is C25H28N2O2. The van der Waals surface area contributed by atoms with Gasteiger partial charge in [0, 0.05) is 18.8 Å². The fraction of sp³-hybridized carbons (Fsp3) is 0.360. The van der Waals surface area contributed by atoms with E-state index >= 15 is 0 Å². The molecule has 0 saturated heterocycles. The zero-order valence-corrected chi connectivity index (χ0v) is 17.0. The zero-order chi connectivity index (χ0) is 20.2. The Bertz CT molecular complexity index is 897. The molecule has 2 aromatic rings. The molecule has 29 heavy (non-hydrogen) atoms. The summed E-state index contributed by atoms with van der Waals surface area (Å²) in [6, 6.07) is 19.4. The number of imide groups is 1. The number of amides is 2. The van der Waals surface area contributed by atoms with Gasteiger partial charge in [0.2, 0.25) is 0 Å². The third-order valence-electron chi connectivity index (χ3n) is 6.07. The van der Waals surface area contributed by atoms with Gasteiger partial charge in [-0.2, -0.15) is 0 Å². The van der Waals surface area contributed by atoms with E-state index in [1.54, 1.807) is 4.90 Å². The minimum Gasteiger partial charge on any atom is -0.339 e. The van der Waals surface area contributed by atoms with Crippen molar-refractivity contribution in [2.75, 3.05) is 11.9 Å². The van der Waals surface area contributed by atoms with Gasteiger partial charge in [-0.1, -0.05) is 80.6 Å². The summed E-state index contributed by atoms with van der Waals surface area (Å²) in [7, 11) is 1.88. The minimum atomic E-state index is -0.161. The van der Waals surface area contributed by atoms with E-state index in [9.17, 15) is 9.59 Å². The number of carbonyl (C=O) groups is 2. The molecule has 0 aromatic heterocycles. The van der Waals surface area contributed by atoms with Gasteiger partial charge in [-0.15, -0.1) is 0 Å². The van der Waals surface area contributed by atoms with Crippen LogP contribution in [0.3, 0.4) is 0 Å². The second kappa shape index (κ2) is 8.64. The second-order valence-corrected chi connectivity index (χ2v) is 7.96. The van der Waals surface area contributed by atoms with Crippen molar-refractivity contribution in [2.45, 2.75) is 51.0 Å². The van der Waals surface area contributed by atoms with Crippen molar-refractivity contribution in [1.82, 2.24) is 4.90 Å². The van der Waals surface area contributed by atoms with Crippen molar-refractivity contribution in [3.8, 4) is 0 Å². The first kappa shape index (κ1) is 19.4. The SMILES string of the molecule is CN(C1=C(c2ccccc2)C(=O)N(C2CCCCCCC2)C1=O)c1ccccc1. The molecule has 1 fully saturated rings. The van der Waals surface area contributed by atoms with Gasteiger partial charge in [0.1, 0.15) is 5.70 Å². The fourth-order valence-corrected chi connectivity index (χ4v) is 4.52. The lowest BCUT2D eigenvalue weighted by molar-refractivity contribution is -0.140. The molecule has 0 spiro atoms. The van der Waals surface area contributed by atoms with E-state index in [0.29, 0.717) is 11.3 Å². The van der Waals surface area contributed by atoms with E-state index in [1.165, 1.54) is 19.3 Å². The van der Waals surface area contributed by atoms with E-state index < -0.39 is 0 Å². The molecule has 1 aliphatic heterocycles. The molecule has 150 valence electrons. The Morgan fingerprint density at radius 3 is 1.93 bits per heavy atom. The Morgan fingerprint density at radius 2 is 1.31 bits per heavy atom. The van der Waals surface area contributed by atoms with Crippen molar-refractivity contribution in [1.29, 1.82) is 0 Å². The van der Waals surface area contributed by atoms with Crippen LogP contribution in [-0.4, -0.2) is 29.8 Å². The van der Waals surface area contributed by atoms with Gasteiger partial charge in [-0.25, -0.2) is 0 Å². The van der Waals surface area contributed by atoms with Crippen LogP contribution in [-0.2, 0) is 9.59 Å². The summed E-state index contributed by atoms with van der Waals surface area (Å²) in [6.07, 6.45) is 7.58. The van der Waals surface area contributed by atoms with E-state index in [-0.39, 0.29) is 17.9 Å². The number of para-hydroxylation sites is 1. The first-order valence-electron chi connectivity index (χ1n) is 10.6. The predicted octanol–water partition coefficient (Wildman–Crippen LogP) is 5.02. The normalized spacial score (nSPS) is 18.7. The van der Waals surface area contributed by atoms with Gasteiger partial charge in [-0.05, 0) is 30.5 Å². The number of hydrogen-bond donors (Lipinski definition) is 0. The summed E-state index contributed by atoms with van der Waals surface area (Å²) >= 11 is 0. The van der Waals surface area contributed by atoms with Crippen LogP contribution in [0.5, 0.6) is 0 Å². The Balaban J connectivity index is 1.76. The van der Waals surface area contributed by atoms with Crippen molar-refractivity contribution in [2.24, 2.45) is 0 Å². The third kappa shape index (κ3) is 3.84. The summed E-state index contributed by atoms with van der Waals surface area (Å²) in [5.74, 6) is -0.310. The van der Waals surface area contributed by atoms with Gasteiger partial charge in [0.25, 0.3) is 11.8 Å². The number of likely N-dealkylation sites (N-methyl/N-ethyl adjacent to an activating group) is 1. The first-order valence-corrected chi connectivity index (χ1v) is 10.6. The number of anilines is 1. The fourth-order valence-electron chi connectivity index (χ4n) is 4.52. The summed E-state index contributed by atoms with van der Waals surface area (Å²) in [4.78, 5) is 30.6. The highest BCUT2D eigenvalue weighted by molar-refractivity contribution is 6.36. The summed E-state index contributed by atoms with van der Waals surface area (Å²) < 4.78 is 0. The van der Waals surface area contributed by atoms with Gasteiger partial charge < -0.3 is 4.90 Å². The lowest BCUT2D eigenvalue weighted by atomic mass is 9.95. The third-order valence-corrected chi connectivity index (χ3v) is 6.07. The number of benzene rings is 2. The molecule has 2 amide bonds. The molecule has 0 unspecified atom stereocenters. The average Bonchev–Trinajstić information content (AvgIpc) is 2.99. The number of nitrogens with zero attached hydrogens (tertiary/aromatic N) is 2. The van der Waals surface area contributed by atoms with Crippen LogP contribution >= 0.6 is 0 Å². The highest BCUT2D eigenvalue weighted by atomic mass is 16.2. The molecule has 4 nitrogen and oxygen atoms in total. The lowest BCUT2D eigenvalue weighted by Crippen LogP contribution is -2.42. The molecule has 4 rings (SSSR count). The number of carbonyl (C=O) groups excluding carboxylic acids is 2. The van der Waals surface area contributed by atoms with Crippen LogP contribution in [0.25, 0.3) is 5.57 Å². The van der Waals surface area contributed by atoms with Crippen LogP contribution in [0, 0.1) is 0 Å². The van der Waals surface area contributed by atoms with Crippen molar-refractivity contribution < 1.29 is 9.59 Å². The molecule has 0 N–H and O–H groups in total. The summed E-state index contributed by atoms with van der Waals surface area (Å²) in [6.45, 7) is 0. The van der Waals surface area contributed by atoms with Crippen molar-refractivity contribution >= 4 is 23.1 Å². The zero-order valence-electron chi connectivity index (χ0n) is 17.0. The van der Waals surface area contributed by atoms with Crippen LogP contribution in [0.15, 0.2) is 66.4 Å².